The van der Waals surface area contributed by atoms with Gasteiger partial charge in [0.15, 0.2) is 0 Å². The highest BCUT2D eigenvalue weighted by atomic mass is 15.2. The number of hydrogen-bond donors (Lipinski definition) is 0. The maximum Gasteiger partial charge on any atom is 0.131 e. The van der Waals surface area contributed by atoms with Crippen LogP contribution in [0.3, 0.4) is 0 Å². The lowest BCUT2D eigenvalue weighted by Crippen LogP contribution is -2.10. The van der Waals surface area contributed by atoms with Gasteiger partial charge in [0, 0.05) is 27.5 Å². The Balaban J connectivity index is 1.26. The van der Waals surface area contributed by atoms with E-state index < -0.39 is 0 Å². The predicted octanol–water partition coefficient (Wildman–Crippen LogP) is 11.9. The summed E-state index contributed by atoms with van der Waals surface area (Å²) in [5, 5.41) is 3.81. The number of para-hydroxylation sites is 3. The molecule has 0 saturated carbocycles. The highest BCUT2D eigenvalue weighted by Crippen LogP contribution is 2.47. The van der Waals surface area contributed by atoms with Gasteiger partial charge in [-0.1, -0.05) is 121 Å². The van der Waals surface area contributed by atoms with Gasteiger partial charge in [0.25, 0.3) is 0 Å². The number of imidazole rings is 1. The molecule has 0 N–H and O–H groups in total. The minimum atomic E-state index is 1.12. The number of nitrogens with zero attached hydrogens (tertiary/aromatic N) is 3. The molecule has 47 heavy (non-hydrogen) atoms. The molecular formula is C44H29N3. The fourth-order valence-electron chi connectivity index (χ4n) is 7.58. The summed E-state index contributed by atoms with van der Waals surface area (Å²) in [5.74, 6) is 0. The van der Waals surface area contributed by atoms with E-state index in [1.54, 1.807) is 0 Å². The summed E-state index contributed by atoms with van der Waals surface area (Å²) >= 11 is 0. The zero-order valence-corrected chi connectivity index (χ0v) is 25.6. The van der Waals surface area contributed by atoms with Gasteiger partial charge in [0.05, 0.1) is 27.8 Å². The van der Waals surface area contributed by atoms with Crippen LogP contribution in [0.2, 0.25) is 0 Å². The molecule has 0 radical (unpaired) electrons. The minimum absolute atomic E-state index is 1.12. The van der Waals surface area contributed by atoms with Crippen molar-refractivity contribution in [2.45, 2.75) is 0 Å². The highest BCUT2D eigenvalue weighted by molar-refractivity contribution is 6.27. The van der Waals surface area contributed by atoms with Gasteiger partial charge in [-0.25, -0.2) is 0 Å². The van der Waals surface area contributed by atoms with Gasteiger partial charge < -0.3 is 4.90 Å². The van der Waals surface area contributed by atoms with Gasteiger partial charge in [-0.3, -0.25) is 8.80 Å². The second-order valence-corrected chi connectivity index (χ2v) is 12.2. The van der Waals surface area contributed by atoms with Crippen LogP contribution in [-0.4, -0.2) is 8.80 Å². The Labute approximate surface area is 272 Å². The molecule has 0 saturated heterocycles. The lowest BCUT2D eigenvalue weighted by molar-refractivity contribution is 1.28. The molecule has 0 aliphatic rings. The van der Waals surface area contributed by atoms with E-state index in [2.05, 4.69) is 190 Å². The summed E-state index contributed by atoms with van der Waals surface area (Å²) in [5.41, 5.74) is 14.4. The number of aromatic nitrogens is 2. The molecule has 10 rings (SSSR count). The summed E-state index contributed by atoms with van der Waals surface area (Å²) in [6.45, 7) is 0. The maximum atomic E-state index is 2.46. The molecule has 0 bridgehead atoms. The van der Waals surface area contributed by atoms with Crippen LogP contribution in [0.5, 0.6) is 0 Å². The van der Waals surface area contributed by atoms with Gasteiger partial charge in [-0.05, 0) is 76.9 Å². The molecule has 0 aliphatic carbocycles. The molecule has 3 heteroatoms. The largest absolute Gasteiger partial charge is 0.310 e. The molecule has 0 aliphatic heterocycles. The number of hydrogen-bond acceptors (Lipinski definition) is 1. The van der Waals surface area contributed by atoms with Crippen molar-refractivity contribution >= 4 is 60.9 Å². The average Bonchev–Trinajstić information content (AvgIpc) is 3.78. The number of benzene rings is 7. The van der Waals surface area contributed by atoms with Crippen molar-refractivity contribution in [1.82, 2.24) is 8.80 Å². The maximum absolute atomic E-state index is 2.46. The molecule has 3 heterocycles. The molecule has 10 aromatic rings. The second kappa shape index (κ2) is 10.1. The highest BCUT2D eigenvalue weighted by Gasteiger charge is 2.26. The Morgan fingerprint density at radius 3 is 1.34 bits per heavy atom. The smallest absolute Gasteiger partial charge is 0.131 e. The zero-order valence-electron chi connectivity index (χ0n) is 25.6. The fraction of sp³-hybridized carbons (Fsp3) is 0. The van der Waals surface area contributed by atoms with Crippen LogP contribution in [-0.2, 0) is 0 Å². The van der Waals surface area contributed by atoms with Gasteiger partial charge >= 0.3 is 0 Å². The van der Waals surface area contributed by atoms with Crippen molar-refractivity contribution in [3.8, 4) is 22.3 Å². The molecular weight excluding hydrogens is 571 g/mol. The van der Waals surface area contributed by atoms with Crippen molar-refractivity contribution < 1.29 is 0 Å². The summed E-state index contributed by atoms with van der Waals surface area (Å²) in [4.78, 5) is 2.43. The van der Waals surface area contributed by atoms with Crippen LogP contribution in [0, 0.1) is 0 Å². The van der Waals surface area contributed by atoms with Crippen molar-refractivity contribution in [2.24, 2.45) is 0 Å². The third-order valence-corrected chi connectivity index (χ3v) is 9.64. The first-order valence-electron chi connectivity index (χ1n) is 16.1. The first-order valence-corrected chi connectivity index (χ1v) is 16.1. The van der Waals surface area contributed by atoms with Crippen molar-refractivity contribution in [1.29, 1.82) is 0 Å². The molecule has 3 nitrogen and oxygen atoms in total. The van der Waals surface area contributed by atoms with Gasteiger partial charge in [0.2, 0.25) is 0 Å². The van der Waals surface area contributed by atoms with Crippen LogP contribution in [0.4, 0.5) is 17.1 Å². The van der Waals surface area contributed by atoms with E-state index in [9.17, 15) is 0 Å². The standard InChI is InChI=1S/C44H29N3/c1-3-12-30(13-4-1)32-22-26-34(27-23-32)45(35-28-24-33(25-29-35)31-14-5-2-6-15-31)40-20-11-21-41-43(40)42-36-16-7-8-17-37(36)46-38-18-9-10-19-39(38)47(41)44(42)46/h1-29H. The number of anilines is 3. The summed E-state index contributed by atoms with van der Waals surface area (Å²) in [6, 6.07) is 63.5. The lowest BCUT2D eigenvalue weighted by Gasteiger charge is -2.27. The SMILES string of the molecule is c1ccc(-c2ccc(N(c3ccc(-c4ccccc4)cc3)c3cccc4c3c3c5ccccc5n5c6ccccc6n4c35)cc2)cc1. The third kappa shape index (κ3) is 3.81. The molecule has 0 spiro atoms. The molecule has 3 aromatic heterocycles. The van der Waals surface area contributed by atoms with Crippen molar-refractivity contribution in [3.05, 3.63) is 176 Å². The van der Waals surface area contributed by atoms with Gasteiger partial charge in [0.1, 0.15) is 5.65 Å². The van der Waals surface area contributed by atoms with E-state index in [0.717, 1.165) is 17.1 Å². The van der Waals surface area contributed by atoms with Crippen LogP contribution >= 0.6 is 0 Å². The normalized spacial score (nSPS) is 11.8. The minimum Gasteiger partial charge on any atom is -0.310 e. The summed E-state index contributed by atoms with van der Waals surface area (Å²) < 4.78 is 4.90. The van der Waals surface area contributed by atoms with E-state index in [0.29, 0.717) is 0 Å². The van der Waals surface area contributed by atoms with E-state index in [4.69, 9.17) is 0 Å². The van der Waals surface area contributed by atoms with Crippen molar-refractivity contribution in [3.63, 3.8) is 0 Å². The Morgan fingerprint density at radius 1 is 0.319 bits per heavy atom. The quantitative estimate of drug-likeness (QED) is 0.192. The van der Waals surface area contributed by atoms with Crippen LogP contribution in [0.15, 0.2) is 176 Å². The Morgan fingerprint density at radius 2 is 0.766 bits per heavy atom. The van der Waals surface area contributed by atoms with Gasteiger partial charge in [-0.15, -0.1) is 0 Å². The first-order chi connectivity index (χ1) is 23.3. The molecule has 0 fully saturated rings. The number of rotatable bonds is 5. The fourth-order valence-corrected chi connectivity index (χ4v) is 7.58. The molecule has 7 aromatic carbocycles. The summed E-state index contributed by atoms with van der Waals surface area (Å²) in [6.07, 6.45) is 0. The van der Waals surface area contributed by atoms with Gasteiger partial charge in [-0.2, -0.15) is 0 Å². The predicted molar refractivity (Wildman–Crippen MR) is 198 cm³/mol. The molecule has 0 amide bonds. The monoisotopic (exact) mass is 599 g/mol. The van der Waals surface area contributed by atoms with E-state index in [1.165, 1.54) is 66.1 Å². The molecule has 220 valence electrons. The van der Waals surface area contributed by atoms with E-state index >= 15 is 0 Å². The van der Waals surface area contributed by atoms with Crippen LogP contribution in [0.1, 0.15) is 0 Å². The molecule has 0 atom stereocenters. The summed E-state index contributed by atoms with van der Waals surface area (Å²) in [7, 11) is 0. The number of fused-ring (bicyclic) bond motifs is 9. The third-order valence-electron chi connectivity index (χ3n) is 9.64. The van der Waals surface area contributed by atoms with Crippen molar-refractivity contribution in [2.75, 3.05) is 4.90 Å². The van der Waals surface area contributed by atoms with Crippen LogP contribution < -0.4 is 4.90 Å². The van der Waals surface area contributed by atoms with Crippen LogP contribution in [0.25, 0.3) is 66.1 Å². The lowest BCUT2D eigenvalue weighted by atomic mass is 10.0. The Kier molecular flexibility index (Phi) is 5.57. The topological polar surface area (TPSA) is 12.1 Å². The zero-order chi connectivity index (χ0) is 30.9. The van der Waals surface area contributed by atoms with E-state index in [-0.39, 0.29) is 0 Å². The average molecular weight is 600 g/mol. The second-order valence-electron chi connectivity index (χ2n) is 12.2. The first kappa shape index (κ1) is 26.0. The van der Waals surface area contributed by atoms with E-state index in [1.807, 2.05) is 0 Å². The Hall–Kier alpha value is -6.32. The molecule has 0 unspecified atom stereocenters. The Bertz CT molecular complexity index is 2610.